The molecule has 1 unspecified atom stereocenters. The maximum Gasteiger partial charge on any atom is 0.165 e. The molecule has 0 aliphatic rings. The molecule has 0 amide bonds. The van der Waals surface area contributed by atoms with Crippen LogP contribution in [0.3, 0.4) is 0 Å². The van der Waals surface area contributed by atoms with Crippen LogP contribution in [0.25, 0.3) is 0 Å². The molecule has 17 heavy (non-hydrogen) atoms. The number of likely N-dealkylation sites (N-methyl/N-ethyl adjacent to an activating group) is 1. The first kappa shape index (κ1) is 13.7. The van der Waals surface area contributed by atoms with E-state index in [4.69, 9.17) is 4.74 Å². The highest BCUT2D eigenvalue weighted by Gasteiger charge is 2.07. The lowest BCUT2D eigenvalue weighted by molar-refractivity contribution is 0.148. The van der Waals surface area contributed by atoms with Crippen LogP contribution in [0.2, 0.25) is 0 Å². The summed E-state index contributed by atoms with van der Waals surface area (Å²) in [6.45, 7) is 0.984. The second-order valence-electron chi connectivity index (χ2n) is 4.15. The van der Waals surface area contributed by atoms with Crippen molar-refractivity contribution in [2.45, 2.75) is 6.10 Å². The van der Waals surface area contributed by atoms with Crippen molar-refractivity contribution in [3.05, 3.63) is 24.0 Å². The molecular formula is C12H19FN2O2. The zero-order chi connectivity index (χ0) is 12.8. The number of hydrogen-bond acceptors (Lipinski definition) is 4. The molecule has 5 heteroatoms. The molecule has 0 bridgehead atoms. The Morgan fingerprint density at radius 2 is 2.18 bits per heavy atom. The first-order valence-electron chi connectivity index (χ1n) is 5.43. The minimum atomic E-state index is -0.471. The third kappa shape index (κ3) is 4.58. The lowest BCUT2D eigenvalue weighted by Crippen LogP contribution is -2.31. The number of ether oxygens (including phenoxy) is 1. The number of anilines is 1. The molecule has 1 atom stereocenters. The maximum atomic E-state index is 13.1. The van der Waals surface area contributed by atoms with Crippen molar-refractivity contribution in [2.75, 3.05) is 39.6 Å². The molecule has 0 saturated carbocycles. The van der Waals surface area contributed by atoms with Gasteiger partial charge >= 0.3 is 0 Å². The van der Waals surface area contributed by atoms with Gasteiger partial charge in [-0.2, -0.15) is 0 Å². The fourth-order valence-electron chi connectivity index (χ4n) is 1.49. The summed E-state index contributed by atoms with van der Waals surface area (Å²) < 4.78 is 18.0. The number of benzene rings is 1. The maximum absolute atomic E-state index is 13.1. The fourth-order valence-corrected chi connectivity index (χ4v) is 1.49. The minimum Gasteiger partial charge on any atom is -0.494 e. The highest BCUT2D eigenvalue weighted by atomic mass is 19.1. The van der Waals surface area contributed by atoms with Crippen molar-refractivity contribution in [2.24, 2.45) is 0 Å². The summed E-state index contributed by atoms with van der Waals surface area (Å²) in [4.78, 5) is 1.90. The molecule has 0 spiro atoms. The fraction of sp³-hybridized carbons (Fsp3) is 0.500. The lowest BCUT2D eigenvalue weighted by atomic mass is 10.2. The average molecular weight is 242 g/mol. The summed E-state index contributed by atoms with van der Waals surface area (Å²) in [5, 5.41) is 12.7. The van der Waals surface area contributed by atoms with Gasteiger partial charge in [-0.3, -0.25) is 0 Å². The van der Waals surface area contributed by atoms with Gasteiger partial charge in [-0.15, -0.1) is 0 Å². The summed E-state index contributed by atoms with van der Waals surface area (Å²) in [6, 6.07) is 4.51. The van der Waals surface area contributed by atoms with Crippen LogP contribution < -0.4 is 10.1 Å². The van der Waals surface area contributed by atoms with Crippen LogP contribution in [-0.4, -0.2) is 50.4 Å². The van der Waals surface area contributed by atoms with E-state index in [9.17, 15) is 9.50 Å². The predicted molar refractivity (Wildman–Crippen MR) is 66.0 cm³/mol. The molecule has 0 aliphatic carbocycles. The van der Waals surface area contributed by atoms with Crippen molar-refractivity contribution in [3.63, 3.8) is 0 Å². The summed E-state index contributed by atoms with van der Waals surface area (Å²) in [5.41, 5.74) is 0.723. The summed E-state index contributed by atoms with van der Waals surface area (Å²) in [7, 11) is 5.21. The quantitative estimate of drug-likeness (QED) is 0.786. The van der Waals surface area contributed by atoms with E-state index in [1.165, 1.54) is 13.2 Å². The second-order valence-corrected chi connectivity index (χ2v) is 4.15. The smallest absolute Gasteiger partial charge is 0.165 e. The molecule has 0 heterocycles. The van der Waals surface area contributed by atoms with Crippen LogP contribution in [0.15, 0.2) is 18.2 Å². The third-order valence-electron chi connectivity index (χ3n) is 2.27. The topological polar surface area (TPSA) is 44.7 Å². The van der Waals surface area contributed by atoms with Crippen LogP contribution in [0.5, 0.6) is 5.75 Å². The molecule has 1 aromatic carbocycles. The van der Waals surface area contributed by atoms with Crippen LogP contribution >= 0.6 is 0 Å². The number of nitrogens with zero attached hydrogens (tertiary/aromatic N) is 1. The largest absolute Gasteiger partial charge is 0.494 e. The molecule has 2 N–H and O–H groups in total. The highest BCUT2D eigenvalue weighted by molar-refractivity contribution is 5.48. The van der Waals surface area contributed by atoms with Gasteiger partial charge in [0.2, 0.25) is 0 Å². The molecule has 0 fully saturated rings. The summed E-state index contributed by atoms with van der Waals surface area (Å²) in [5.74, 6) is -0.205. The van der Waals surface area contributed by atoms with Gasteiger partial charge in [-0.25, -0.2) is 4.39 Å². The molecule has 1 aromatic rings. The van der Waals surface area contributed by atoms with E-state index in [0.29, 0.717) is 13.1 Å². The Bertz CT molecular complexity index is 358. The molecule has 0 saturated heterocycles. The van der Waals surface area contributed by atoms with E-state index in [0.717, 1.165) is 5.69 Å². The average Bonchev–Trinajstić information content (AvgIpc) is 2.27. The Balaban J connectivity index is 2.52. The van der Waals surface area contributed by atoms with E-state index in [1.54, 1.807) is 12.1 Å². The Morgan fingerprint density at radius 3 is 2.76 bits per heavy atom. The van der Waals surface area contributed by atoms with Gasteiger partial charge < -0.3 is 20.1 Å². The zero-order valence-corrected chi connectivity index (χ0v) is 10.4. The number of rotatable bonds is 6. The van der Waals surface area contributed by atoms with Gasteiger partial charge in [0.05, 0.1) is 13.2 Å². The number of halogens is 1. The normalized spacial score (nSPS) is 12.6. The van der Waals surface area contributed by atoms with Crippen LogP contribution in [0.4, 0.5) is 10.1 Å². The van der Waals surface area contributed by atoms with Gasteiger partial charge in [-0.1, -0.05) is 0 Å². The standard InChI is InChI=1S/C12H19FN2O2/c1-15(2)8-10(16)7-14-9-4-5-11(13)12(6-9)17-3/h4-6,10,14,16H,7-8H2,1-3H3. The molecule has 0 aromatic heterocycles. The van der Waals surface area contributed by atoms with Gasteiger partial charge in [0.1, 0.15) is 0 Å². The first-order chi connectivity index (χ1) is 8.02. The van der Waals surface area contributed by atoms with E-state index in [-0.39, 0.29) is 5.75 Å². The Morgan fingerprint density at radius 1 is 1.47 bits per heavy atom. The van der Waals surface area contributed by atoms with Crippen molar-refractivity contribution in [3.8, 4) is 5.75 Å². The van der Waals surface area contributed by atoms with E-state index in [2.05, 4.69) is 5.32 Å². The van der Waals surface area contributed by atoms with Gasteiger partial charge in [0.15, 0.2) is 11.6 Å². The molecule has 0 radical (unpaired) electrons. The SMILES string of the molecule is COc1cc(NCC(O)CN(C)C)ccc1F. The molecular weight excluding hydrogens is 223 g/mol. The molecule has 1 rings (SSSR count). The number of hydrogen-bond donors (Lipinski definition) is 2. The number of aliphatic hydroxyl groups is 1. The molecule has 96 valence electrons. The Hall–Kier alpha value is -1.33. The van der Waals surface area contributed by atoms with Crippen molar-refractivity contribution < 1.29 is 14.2 Å². The highest BCUT2D eigenvalue weighted by Crippen LogP contribution is 2.21. The van der Waals surface area contributed by atoms with E-state index >= 15 is 0 Å². The summed E-state index contributed by atoms with van der Waals surface area (Å²) >= 11 is 0. The van der Waals surface area contributed by atoms with Gasteiger partial charge in [-0.05, 0) is 26.2 Å². The van der Waals surface area contributed by atoms with Crippen LogP contribution in [-0.2, 0) is 0 Å². The van der Waals surface area contributed by atoms with E-state index < -0.39 is 11.9 Å². The van der Waals surface area contributed by atoms with Crippen molar-refractivity contribution in [1.82, 2.24) is 4.90 Å². The van der Waals surface area contributed by atoms with Crippen molar-refractivity contribution >= 4 is 5.69 Å². The first-order valence-corrected chi connectivity index (χ1v) is 5.43. The number of aliphatic hydroxyl groups excluding tert-OH is 1. The second kappa shape index (κ2) is 6.42. The monoisotopic (exact) mass is 242 g/mol. The number of methoxy groups -OCH3 is 1. The Kier molecular flexibility index (Phi) is 5.18. The predicted octanol–water partition coefficient (Wildman–Crippen LogP) is 1.17. The lowest BCUT2D eigenvalue weighted by Gasteiger charge is -2.17. The van der Waals surface area contributed by atoms with E-state index in [1.807, 2.05) is 19.0 Å². The Labute approximate surface area is 101 Å². The van der Waals surface area contributed by atoms with Gasteiger partial charge in [0.25, 0.3) is 0 Å². The molecule has 4 nitrogen and oxygen atoms in total. The molecule has 0 aliphatic heterocycles. The minimum absolute atomic E-state index is 0.192. The van der Waals surface area contributed by atoms with Crippen molar-refractivity contribution in [1.29, 1.82) is 0 Å². The van der Waals surface area contributed by atoms with Crippen LogP contribution in [0, 0.1) is 5.82 Å². The third-order valence-corrected chi connectivity index (χ3v) is 2.27. The van der Waals surface area contributed by atoms with Crippen LogP contribution in [0.1, 0.15) is 0 Å². The zero-order valence-electron chi connectivity index (χ0n) is 10.4. The van der Waals surface area contributed by atoms with Gasteiger partial charge in [0, 0.05) is 24.8 Å². The number of nitrogens with one attached hydrogen (secondary N) is 1. The summed E-state index contributed by atoms with van der Waals surface area (Å²) in [6.07, 6.45) is -0.471.